The highest BCUT2D eigenvalue weighted by atomic mass is 32.2. The number of hydrogen-bond donors (Lipinski definition) is 1. The van der Waals surface area contributed by atoms with Gasteiger partial charge >= 0.3 is 14.0 Å². The second-order valence-corrected chi connectivity index (χ2v) is 7.36. The van der Waals surface area contributed by atoms with Crippen molar-refractivity contribution < 1.29 is 32.6 Å². The second kappa shape index (κ2) is 4.99. The highest BCUT2D eigenvalue weighted by molar-refractivity contribution is 7.94. The van der Waals surface area contributed by atoms with Gasteiger partial charge in [-0.2, -0.15) is 0 Å². The molecule has 1 amide bonds. The normalized spacial score (nSPS) is 37.2. The van der Waals surface area contributed by atoms with Crippen LogP contribution in [0.25, 0.3) is 0 Å². The van der Waals surface area contributed by atoms with E-state index in [1.54, 1.807) is 0 Å². The highest BCUT2D eigenvalue weighted by Crippen LogP contribution is 2.48. The van der Waals surface area contributed by atoms with Gasteiger partial charge in [0.1, 0.15) is 17.2 Å². The third kappa shape index (κ3) is 1.80. The van der Waals surface area contributed by atoms with Crippen LogP contribution >= 0.6 is 0 Å². The number of fused-ring (bicyclic) bond motifs is 1. The molecule has 0 bridgehead atoms. The van der Waals surface area contributed by atoms with E-state index in [0.717, 1.165) is 11.1 Å². The van der Waals surface area contributed by atoms with Crippen molar-refractivity contribution >= 4 is 36.0 Å². The third-order valence-corrected chi connectivity index (χ3v) is 6.64. The molecule has 0 spiro atoms. The van der Waals surface area contributed by atoms with E-state index in [1.165, 1.54) is 14.0 Å². The fourth-order valence-electron chi connectivity index (χ4n) is 2.76. The van der Waals surface area contributed by atoms with Crippen molar-refractivity contribution in [3.05, 3.63) is 0 Å². The molecule has 1 N–H and O–H groups in total. The van der Waals surface area contributed by atoms with Gasteiger partial charge in [0, 0.05) is 0 Å². The van der Waals surface area contributed by atoms with Crippen LogP contribution in [0.1, 0.15) is 6.92 Å². The standard InChI is InChI=1S/C10H13BN2O7S/c1-10(4-12-19-2)6(9(16)20-11)13-7(15)5(3-14)8(13)21(10,17)18/h4-6,8,14H,3H2,1-2H3/t5-,6?,8?,10+/m1/s1. The Morgan fingerprint density at radius 2 is 2.24 bits per heavy atom. The van der Waals surface area contributed by atoms with E-state index in [1.807, 2.05) is 0 Å². The van der Waals surface area contributed by atoms with Crippen molar-refractivity contribution in [2.75, 3.05) is 13.7 Å². The zero-order chi connectivity index (χ0) is 16.0. The molecule has 0 saturated carbocycles. The summed E-state index contributed by atoms with van der Waals surface area (Å²) in [5, 5.41) is 11.2. The maximum Gasteiger partial charge on any atom is 0.378 e. The number of aliphatic hydroxyl groups excluding tert-OH is 1. The molecular formula is C10H13BN2O7S. The second-order valence-electron chi connectivity index (χ2n) is 4.91. The van der Waals surface area contributed by atoms with Gasteiger partial charge in [-0.05, 0) is 6.92 Å². The summed E-state index contributed by atoms with van der Waals surface area (Å²) in [7, 11) is 1.99. The number of sulfone groups is 1. The summed E-state index contributed by atoms with van der Waals surface area (Å²) in [6.07, 6.45) is 0.921. The van der Waals surface area contributed by atoms with Crippen LogP contribution in [-0.4, -0.2) is 74.4 Å². The van der Waals surface area contributed by atoms with Crippen LogP contribution in [0.15, 0.2) is 5.16 Å². The monoisotopic (exact) mass is 316 g/mol. The number of aliphatic hydroxyl groups is 1. The number of oxime groups is 1. The Bertz CT molecular complexity index is 607. The number of β-lactam (4-membered cyclic amide) rings is 1. The highest BCUT2D eigenvalue weighted by Gasteiger charge is 2.73. The minimum Gasteiger partial charge on any atom is -0.542 e. The summed E-state index contributed by atoms with van der Waals surface area (Å²) in [6, 6.07) is -1.48. The molecule has 0 aliphatic carbocycles. The summed E-state index contributed by atoms with van der Waals surface area (Å²) < 4.78 is 27.5. The van der Waals surface area contributed by atoms with Gasteiger partial charge in [0.15, 0.2) is 15.9 Å². The first-order chi connectivity index (χ1) is 9.77. The molecule has 2 heterocycles. The summed E-state index contributed by atoms with van der Waals surface area (Å²) >= 11 is 0. The van der Waals surface area contributed by atoms with Gasteiger partial charge in [-0.25, -0.2) is 8.42 Å². The molecule has 0 aromatic carbocycles. The average molecular weight is 316 g/mol. The number of rotatable bonds is 4. The molecule has 2 radical (unpaired) electrons. The molecule has 0 aromatic rings. The summed E-state index contributed by atoms with van der Waals surface area (Å²) in [6.45, 7) is 0.577. The van der Waals surface area contributed by atoms with Crippen molar-refractivity contribution in [2.24, 2.45) is 11.1 Å². The lowest BCUT2D eigenvalue weighted by molar-refractivity contribution is -0.163. The van der Waals surface area contributed by atoms with E-state index in [4.69, 9.17) is 13.2 Å². The average Bonchev–Trinajstić information content (AvgIpc) is 2.60. The van der Waals surface area contributed by atoms with Gasteiger partial charge < -0.3 is 19.5 Å². The molecule has 2 fully saturated rings. The quantitative estimate of drug-likeness (QED) is 0.265. The summed E-state index contributed by atoms with van der Waals surface area (Å²) in [5.41, 5.74) is 0. The van der Waals surface area contributed by atoms with Crippen molar-refractivity contribution in [3.8, 4) is 0 Å². The van der Waals surface area contributed by atoms with Gasteiger partial charge in [-0.15, -0.1) is 0 Å². The van der Waals surface area contributed by atoms with E-state index in [-0.39, 0.29) is 0 Å². The summed E-state index contributed by atoms with van der Waals surface area (Å²) in [4.78, 5) is 29.1. The van der Waals surface area contributed by atoms with Gasteiger partial charge in [-0.1, -0.05) is 5.16 Å². The van der Waals surface area contributed by atoms with Crippen LogP contribution in [0.3, 0.4) is 0 Å². The van der Waals surface area contributed by atoms with Crippen LogP contribution in [0.4, 0.5) is 0 Å². The molecule has 2 rings (SSSR count). The Balaban J connectivity index is 2.59. The molecule has 114 valence electrons. The number of nitrogens with zero attached hydrogens (tertiary/aromatic N) is 2. The molecule has 2 saturated heterocycles. The first-order valence-corrected chi connectivity index (χ1v) is 7.47. The molecular weight excluding hydrogens is 303 g/mol. The lowest BCUT2D eigenvalue weighted by atomic mass is 9.92. The Kier molecular flexibility index (Phi) is 3.74. The van der Waals surface area contributed by atoms with E-state index in [2.05, 4.69) is 14.6 Å². The molecule has 11 heteroatoms. The molecule has 2 aliphatic heterocycles. The molecule has 2 unspecified atom stereocenters. The van der Waals surface area contributed by atoms with Crippen LogP contribution in [0, 0.1) is 5.92 Å². The van der Waals surface area contributed by atoms with Crippen molar-refractivity contribution in [3.63, 3.8) is 0 Å². The van der Waals surface area contributed by atoms with E-state index in [0.29, 0.717) is 0 Å². The van der Waals surface area contributed by atoms with E-state index < -0.39 is 50.4 Å². The number of amides is 1. The fraction of sp³-hybridized carbons (Fsp3) is 0.700. The maximum atomic E-state index is 12.6. The SMILES string of the molecule is [B]OC(=O)C1N2C(=O)[C@@H](CO)C2S(=O)(=O)[C@@]1(C)C=NOC. The predicted molar refractivity (Wildman–Crippen MR) is 69.7 cm³/mol. The minimum atomic E-state index is -4.04. The predicted octanol–water partition coefficient (Wildman–Crippen LogP) is -2.42. The Morgan fingerprint density at radius 3 is 2.71 bits per heavy atom. The smallest absolute Gasteiger partial charge is 0.378 e. The summed E-state index contributed by atoms with van der Waals surface area (Å²) in [5.74, 6) is -2.85. The van der Waals surface area contributed by atoms with Crippen molar-refractivity contribution in [2.45, 2.75) is 23.1 Å². The first kappa shape index (κ1) is 15.8. The molecule has 9 nitrogen and oxygen atoms in total. The topological polar surface area (TPSA) is 123 Å². The Morgan fingerprint density at radius 1 is 1.62 bits per heavy atom. The van der Waals surface area contributed by atoms with Crippen LogP contribution < -0.4 is 0 Å². The molecule has 21 heavy (non-hydrogen) atoms. The zero-order valence-electron chi connectivity index (χ0n) is 11.3. The zero-order valence-corrected chi connectivity index (χ0v) is 12.1. The van der Waals surface area contributed by atoms with E-state index in [9.17, 15) is 18.0 Å². The van der Waals surface area contributed by atoms with Gasteiger partial charge in [-0.3, -0.25) is 9.59 Å². The minimum absolute atomic E-state index is 0.638. The van der Waals surface area contributed by atoms with Gasteiger partial charge in [0.05, 0.1) is 18.7 Å². The lowest BCUT2D eigenvalue weighted by Gasteiger charge is -2.42. The Hall–Kier alpha value is -1.62. The number of hydrogen-bond acceptors (Lipinski definition) is 8. The lowest BCUT2D eigenvalue weighted by Crippen LogP contribution is -2.64. The van der Waals surface area contributed by atoms with Crippen LogP contribution in [0.2, 0.25) is 0 Å². The first-order valence-electron chi connectivity index (χ1n) is 5.92. The Labute approximate surface area is 122 Å². The van der Waals surface area contributed by atoms with Crippen LogP contribution in [0.5, 0.6) is 0 Å². The number of carbonyl (C=O) groups excluding carboxylic acids is 2. The molecule has 0 aromatic heterocycles. The largest absolute Gasteiger partial charge is 0.542 e. The van der Waals surface area contributed by atoms with Crippen molar-refractivity contribution in [1.29, 1.82) is 0 Å². The van der Waals surface area contributed by atoms with Gasteiger partial charge in [0.2, 0.25) is 5.91 Å². The van der Waals surface area contributed by atoms with Gasteiger partial charge in [0.25, 0.3) is 0 Å². The fourth-order valence-corrected chi connectivity index (χ4v) is 5.16. The number of carbonyl (C=O) groups is 2. The maximum absolute atomic E-state index is 12.6. The molecule has 4 atom stereocenters. The molecule has 2 aliphatic rings. The van der Waals surface area contributed by atoms with Crippen molar-refractivity contribution in [1.82, 2.24) is 4.90 Å². The third-order valence-electron chi connectivity index (χ3n) is 3.89. The van der Waals surface area contributed by atoms with E-state index >= 15 is 0 Å². The van der Waals surface area contributed by atoms with Crippen LogP contribution in [-0.2, 0) is 28.9 Å².